The molecule has 0 saturated carbocycles. The van der Waals surface area contributed by atoms with E-state index in [1.807, 2.05) is 0 Å². The summed E-state index contributed by atoms with van der Waals surface area (Å²) in [4.78, 5) is 12.0. The summed E-state index contributed by atoms with van der Waals surface area (Å²) in [5, 5.41) is 2.36. The Bertz CT molecular complexity index is 623. The Morgan fingerprint density at radius 3 is 2.58 bits per heavy atom. The predicted octanol–water partition coefficient (Wildman–Crippen LogP) is 4.29. The second kappa shape index (κ2) is 5.48. The second-order valence-electron chi connectivity index (χ2n) is 4.03. The smallest absolute Gasteiger partial charge is 0.258 e. The van der Waals surface area contributed by atoms with Crippen LogP contribution in [0.25, 0.3) is 0 Å². The van der Waals surface area contributed by atoms with Gasteiger partial charge in [0.1, 0.15) is 11.6 Å². The van der Waals surface area contributed by atoms with Gasteiger partial charge in [0, 0.05) is 4.47 Å². The summed E-state index contributed by atoms with van der Waals surface area (Å²) < 4.78 is 27.5. The molecular formula is C14H10BrF2NO. The first kappa shape index (κ1) is 13.7. The molecule has 98 valence electrons. The molecule has 2 nitrogen and oxygen atoms in total. The summed E-state index contributed by atoms with van der Waals surface area (Å²) in [7, 11) is 0. The molecule has 1 N–H and O–H groups in total. The zero-order valence-corrected chi connectivity index (χ0v) is 11.6. The molecule has 0 aliphatic carbocycles. The Hall–Kier alpha value is -1.75. The van der Waals surface area contributed by atoms with Crippen molar-refractivity contribution in [3.8, 4) is 0 Å². The average molecular weight is 326 g/mol. The first-order valence-electron chi connectivity index (χ1n) is 5.50. The highest BCUT2D eigenvalue weighted by Gasteiger charge is 2.15. The molecule has 0 saturated heterocycles. The number of hydrogen-bond acceptors (Lipinski definition) is 1. The first-order chi connectivity index (χ1) is 8.99. The van der Waals surface area contributed by atoms with Crippen LogP contribution in [-0.4, -0.2) is 5.91 Å². The van der Waals surface area contributed by atoms with Gasteiger partial charge in [0.2, 0.25) is 0 Å². The summed E-state index contributed by atoms with van der Waals surface area (Å²) in [6.07, 6.45) is 0. The maximum Gasteiger partial charge on any atom is 0.258 e. The van der Waals surface area contributed by atoms with Crippen molar-refractivity contribution >= 4 is 27.5 Å². The number of para-hydroxylation sites is 1. The van der Waals surface area contributed by atoms with Gasteiger partial charge in [0.05, 0.1) is 11.3 Å². The van der Waals surface area contributed by atoms with Crippen molar-refractivity contribution in [2.45, 2.75) is 6.92 Å². The standard InChI is InChI=1S/C14H10BrF2NO/c1-8-5-6-11(16)9(7-8)14(19)18-13-10(15)3-2-4-12(13)17/h2-7H,1H3,(H,18,19). The van der Waals surface area contributed by atoms with Crippen LogP contribution in [0, 0.1) is 18.6 Å². The largest absolute Gasteiger partial charge is 0.318 e. The fourth-order valence-corrected chi connectivity index (χ4v) is 2.05. The number of anilines is 1. The lowest BCUT2D eigenvalue weighted by molar-refractivity contribution is 0.102. The van der Waals surface area contributed by atoms with E-state index in [1.54, 1.807) is 19.1 Å². The van der Waals surface area contributed by atoms with Crippen LogP contribution in [0.3, 0.4) is 0 Å². The number of carbonyl (C=O) groups excluding carboxylic acids is 1. The zero-order chi connectivity index (χ0) is 14.0. The third-order valence-electron chi connectivity index (χ3n) is 2.57. The molecule has 0 radical (unpaired) electrons. The van der Waals surface area contributed by atoms with E-state index in [0.717, 1.165) is 5.56 Å². The molecule has 0 aromatic heterocycles. The number of aryl methyl sites for hydroxylation is 1. The van der Waals surface area contributed by atoms with Crippen molar-refractivity contribution in [1.82, 2.24) is 0 Å². The number of carbonyl (C=O) groups is 1. The summed E-state index contributed by atoms with van der Waals surface area (Å²) in [5.41, 5.74) is 0.628. The van der Waals surface area contributed by atoms with Crippen LogP contribution in [0.15, 0.2) is 40.9 Å². The average Bonchev–Trinajstić information content (AvgIpc) is 2.37. The molecule has 0 fully saturated rings. The Morgan fingerprint density at radius 2 is 1.89 bits per heavy atom. The van der Waals surface area contributed by atoms with Gasteiger partial charge in [-0.15, -0.1) is 0 Å². The Labute approximate surface area is 117 Å². The Morgan fingerprint density at radius 1 is 1.16 bits per heavy atom. The van der Waals surface area contributed by atoms with Gasteiger partial charge in [0.15, 0.2) is 0 Å². The number of amides is 1. The van der Waals surface area contributed by atoms with Gasteiger partial charge >= 0.3 is 0 Å². The quantitative estimate of drug-likeness (QED) is 0.876. The second-order valence-corrected chi connectivity index (χ2v) is 4.89. The van der Waals surface area contributed by atoms with Gasteiger partial charge in [-0.25, -0.2) is 8.78 Å². The fourth-order valence-electron chi connectivity index (χ4n) is 1.61. The van der Waals surface area contributed by atoms with Crippen LogP contribution in [0.4, 0.5) is 14.5 Å². The molecule has 0 aliphatic rings. The van der Waals surface area contributed by atoms with E-state index in [-0.39, 0.29) is 11.3 Å². The summed E-state index contributed by atoms with van der Waals surface area (Å²) in [6, 6.07) is 8.49. The van der Waals surface area contributed by atoms with Gasteiger partial charge in [-0.05, 0) is 47.1 Å². The minimum atomic E-state index is -0.688. The van der Waals surface area contributed by atoms with Gasteiger partial charge in [0.25, 0.3) is 5.91 Å². The molecule has 2 rings (SSSR count). The minimum Gasteiger partial charge on any atom is -0.318 e. The van der Waals surface area contributed by atoms with Crippen LogP contribution >= 0.6 is 15.9 Å². The van der Waals surface area contributed by atoms with E-state index in [4.69, 9.17) is 0 Å². The van der Waals surface area contributed by atoms with Crippen molar-refractivity contribution in [2.24, 2.45) is 0 Å². The van der Waals surface area contributed by atoms with Crippen molar-refractivity contribution in [2.75, 3.05) is 5.32 Å². The molecule has 0 aliphatic heterocycles. The number of halogens is 3. The van der Waals surface area contributed by atoms with Gasteiger partial charge in [-0.2, -0.15) is 0 Å². The first-order valence-corrected chi connectivity index (χ1v) is 6.30. The Kier molecular flexibility index (Phi) is 3.95. The number of nitrogens with one attached hydrogen (secondary N) is 1. The number of rotatable bonds is 2. The van der Waals surface area contributed by atoms with Crippen LogP contribution in [0.5, 0.6) is 0 Å². The highest BCUT2D eigenvalue weighted by atomic mass is 79.9. The molecule has 0 spiro atoms. The van der Waals surface area contributed by atoms with E-state index in [2.05, 4.69) is 21.2 Å². The number of hydrogen-bond donors (Lipinski definition) is 1. The summed E-state index contributed by atoms with van der Waals surface area (Å²) >= 11 is 3.13. The minimum absolute atomic E-state index is 0.00611. The van der Waals surface area contributed by atoms with E-state index in [9.17, 15) is 13.6 Å². The molecule has 0 heterocycles. The summed E-state index contributed by atoms with van der Waals surface area (Å²) in [6.45, 7) is 1.75. The van der Waals surface area contributed by atoms with Crippen molar-refractivity contribution < 1.29 is 13.6 Å². The monoisotopic (exact) mass is 325 g/mol. The van der Waals surface area contributed by atoms with Crippen molar-refractivity contribution in [3.05, 3.63) is 63.6 Å². The van der Waals surface area contributed by atoms with Gasteiger partial charge in [-0.3, -0.25) is 4.79 Å². The molecular weight excluding hydrogens is 316 g/mol. The lowest BCUT2D eigenvalue weighted by atomic mass is 10.1. The van der Waals surface area contributed by atoms with Crippen LogP contribution in [-0.2, 0) is 0 Å². The highest BCUT2D eigenvalue weighted by molar-refractivity contribution is 9.10. The van der Waals surface area contributed by atoms with Crippen molar-refractivity contribution in [1.29, 1.82) is 0 Å². The van der Waals surface area contributed by atoms with E-state index in [0.29, 0.717) is 4.47 Å². The SMILES string of the molecule is Cc1ccc(F)c(C(=O)Nc2c(F)cccc2Br)c1. The molecule has 1 amide bonds. The van der Waals surface area contributed by atoms with Crippen LogP contribution < -0.4 is 5.32 Å². The van der Waals surface area contributed by atoms with Crippen LogP contribution in [0.1, 0.15) is 15.9 Å². The molecule has 5 heteroatoms. The third-order valence-corrected chi connectivity index (χ3v) is 3.23. The number of benzene rings is 2. The third kappa shape index (κ3) is 2.98. The van der Waals surface area contributed by atoms with E-state index in [1.165, 1.54) is 24.3 Å². The highest BCUT2D eigenvalue weighted by Crippen LogP contribution is 2.26. The molecule has 0 unspecified atom stereocenters. The molecule has 0 atom stereocenters. The Balaban J connectivity index is 2.34. The fraction of sp³-hybridized carbons (Fsp3) is 0.0714. The maximum absolute atomic E-state index is 13.6. The lowest BCUT2D eigenvalue weighted by Crippen LogP contribution is -2.15. The molecule has 19 heavy (non-hydrogen) atoms. The molecule has 2 aromatic rings. The van der Waals surface area contributed by atoms with Gasteiger partial charge in [-0.1, -0.05) is 17.7 Å². The normalized spacial score (nSPS) is 10.3. The van der Waals surface area contributed by atoms with E-state index < -0.39 is 17.5 Å². The summed E-state index contributed by atoms with van der Waals surface area (Å²) in [5.74, 6) is -1.92. The maximum atomic E-state index is 13.6. The van der Waals surface area contributed by atoms with Gasteiger partial charge < -0.3 is 5.32 Å². The predicted molar refractivity (Wildman–Crippen MR) is 73.2 cm³/mol. The van der Waals surface area contributed by atoms with Crippen LogP contribution in [0.2, 0.25) is 0 Å². The molecule has 2 aromatic carbocycles. The van der Waals surface area contributed by atoms with E-state index >= 15 is 0 Å². The molecule has 0 bridgehead atoms. The zero-order valence-electron chi connectivity index (χ0n) is 10.0. The lowest BCUT2D eigenvalue weighted by Gasteiger charge is -2.09. The topological polar surface area (TPSA) is 29.1 Å². The van der Waals surface area contributed by atoms with Crippen molar-refractivity contribution in [3.63, 3.8) is 0 Å².